The second-order valence-electron chi connectivity index (χ2n) is 8.65. The van der Waals surface area contributed by atoms with Gasteiger partial charge in [-0.25, -0.2) is 8.42 Å². The Labute approximate surface area is 190 Å². The molecule has 0 aromatic heterocycles. The first-order valence-corrected chi connectivity index (χ1v) is 12.2. The molecule has 2 aromatic rings. The summed E-state index contributed by atoms with van der Waals surface area (Å²) >= 11 is 6.08. The van der Waals surface area contributed by atoms with E-state index in [-0.39, 0.29) is 17.1 Å². The number of carbonyl (C=O) groups excluding carboxylic acids is 1. The van der Waals surface area contributed by atoms with Crippen molar-refractivity contribution in [3.8, 4) is 5.75 Å². The van der Waals surface area contributed by atoms with E-state index >= 15 is 0 Å². The van der Waals surface area contributed by atoms with Crippen LogP contribution in [0.5, 0.6) is 5.75 Å². The van der Waals surface area contributed by atoms with Crippen LogP contribution in [0.4, 0.5) is 5.69 Å². The average Bonchev–Trinajstić information content (AvgIpc) is 2.66. The lowest BCUT2D eigenvalue weighted by atomic mass is 9.86. The molecule has 2 unspecified atom stereocenters. The van der Waals surface area contributed by atoms with Crippen LogP contribution >= 0.6 is 11.6 Å². The van der Waals surface area contributed by atoms with Gasteiger partial charge in [0.1, 0.15) is 11.8 Å². The monoisotopic (exact) mass is 466 g/mol. The van der Waals surface area contributed by atoms with Crippen LogP contribution in [-0.4, -0.2) is 33.7 Å². The number of sulfonamides is 1. The minimum absolute atomic E-state index is 0.0333. The number of hydrogen-bond donors (Lipinski definition) is 1. The van der Waals surface area contributed by atoms with E-state index in [1.165, 1.54) is 25.7 Å². The number of benzene rings is 2. The largest absolute Gasteiger partial charge is 0.495 e. The van der Waals surface area contributed by atoms with Crippen molar-refractivity contribution in [2.45, 2.75) is 52.1 Å². The molecule has 0 aliphatic heterocycles. The first-order chi connectivity index (χ1) is 14.3. The predicted octanol–water partition coefficient (Wildman–Crippen LogP) is 4.68. The molecule has 31 heavy (non-hydrogen) atoms. The number of ether oxygens (including phenoxy) is 1. The maximum Gasteiger partial charge on any atom is 0.244 e. The number of nitrogens with one attached hydrogen (secondary N) is 1. The third kappa shape index (κ3) is 6.14. The zero-order valence-electron chi connectivity index (χ0n) is 19.1. The highest BCUT2D eigenvalue weighted by molar-refractivity contribution is 7.92. The molecule has 2 atom stereocenters. The van der Waals surface area contributed by atoms with Crippen molar-refractivity contribution in [3.05, 3.63) is 58.6 Å². The average molecular weight is 467 g/mol. The molecule has 0 saturated carbocycles. The van der Waals surface area contributed by atoms with Gasteiger partial charge >= 0.3 is 0 Å². The summed E-state index contributed by atoms with van der Waals surface area (Å²) in [6.07, 6.45) is 1.05. The van der Waals surface area contributed by atoms with Gasteiger partial charge in [0.25, 0.3) is 0 Å². The van der Waals surface area contributed by atoms with Crippen LogP contribution in [0, 0.1) is 0 Å². The van der Waals surface area contributed by atoms with Crippen LogP contribution in [0.3, 0.4) is 0 Å². The first kappa shape index (κ1) is 25.0. The molecule has 0 spiro atoms. The van der Waals surface area contributed by atoms with Crippen molar-refractivity contribution < 1.29 is 17.9 Å². The Morgan fingerprint density at radius 1 is 1.10 bits per heavy atom. The third-order valence-electron chi connectivity index (χ3n) is 5.10. The van der Waals surface area contributed by atoms with Gasteiger partial charge in [-0.3, -0.25) is 9.10 Å². The van der Waals surface area contributed by atoms with E-state index in [0.717, 1.165) is 16.1 Å². The standard InChI is InChI=1S/C23H31ClN2O4S/c1-15(17-8-10-18(11-9-17)23(3,4)5)25-22(27)16(2)26(31(7,28)29)20-14-19(24)12-13-21(20)30-6/h8-16H,1-7H3,(H,25,27). The van der Waals surface area contributed by atoms with Crippen molar-refractivity contribution in [2.75, 3.05) is 17.7 Å². The molecule has 1 amide bonds. The van der Waals surface area contributed by atoms with E-state index in [2.05, 4.69) is 26.1 Å². The number of halogens is 1. The van der Waals surface area contributed by atoms with Crippen molar-refractivity contribution >= 4 is 33.2 Å². The number of carbonyl (C=O) groups is 1. The molecular weight excluding hydrogens is 436 g/mol. The van der Waals surface area contributed by atoms with Crippen LogP contribution < -0.4 is 14.4 Å². The lowest BCUT2D eigenvalue weighted by molar-refractivity contribution is -0.122. The van der Waals surface area contributed by atoms with Crippen LogP contribution in [0.1, 0.15) is 51.8 Å². The Hall–Kier alpha value is -2.25. The Bertz CT molecular complexity index is 1030. The van der Waals surface area contributed by atoms with E-state index in [9.17, 15) is 13.2 Å². The molecule has 0 saturated heterocycles. The normalized spacial score (nSPS) is 13.9. The number of hydrogen-bond acceptors (Lipinski definition) is 4. The number of methoxy groups -OCH3 is 1. The Morgan fingerprint density at radius 3 is 2.16 bits per heavy atom. The topological polar surface area (TPSA) is 75.7 Å². The van der Waals surface area contributed by atoms with Crippen molar-refractivity contribution in [1.29, 1.82) is 0 Å². The lowest BCUT2D eigenvalue weighted by Gasteiger charge is -2.30. The summed E-state index contributed by atoms with van der Waals surface area (Å²) in [4.78, 5) is 13.0. The van der Waals surface area contributed by atoms with Crippen LogP contribution in [0.25, 0.3) is 0 Å². The molecule has 2 rings (SSSR count). The highest BCUT2D eigenvalue weighted by Gasteiger charge is 2.32. The van der Waals surface area contributed by atoms with Gasteiger partial charge in [-0.2, -0.15) is 0 Å². The molecule has 1 N–H and O–H groups in total. The van der Waals surface area contributed by atoms with Crippen LogP contribution in [0.15, 0.2) is 42.5 Å². The van der Waals surface area contributed by atoms with Gasteiger partial charge in [-0.15, -0.1) is 0 Å². The Kier molecular flexibility index (Phi) is 7.66. The molecule has 0 radical (unpaired) electrons. The second kappa shape index (κ2) is 9.49. The quantitative estimate of drug-likeness (QED) is 0.642. The van der Waals surface area contributed by atoms with Crippen LogP contribution in [0.2, 0.25) is 5.02 Å². The van der Waals surface area contributed by atoms with Crippen molar-refractivity contribution in [3.63, 3.8) is 0 Å². The van der Waals surface area contributed by atoms with Gasteiger partial charge in [0.2, 0.25) is 15.9 Å². The van der Waals surface area contributed by atoms with Crippen molar-refractivity contribution in [1.82, 2.24) is 5.32 Å². The summed E-state index contributed by atoms with van der Waals surface area (Å²) < 4.78 is 31.5. The van der Waals surface area contributed by atoms with Crippen LogP contribution in [-0.2, 0) is 20.2 Å². The van der Waals surface area contributed by atoms with E-state index in [0.29, 0.717) is 10.8 Å². The maximum absolute atomic E-state index is 13.0. The zero-order valence-corrected chi connectivity index (χ0v) is 20.6. The fourth-order valence-corrected chi connectivity index (χ4v) is 4.64. The van der Waals surface area contributed by atoms with Crippen molar-refractivity contribution in [2.24, 2.45) is 0 Å². The van der Waals surface area contributed by atoms with E-state index in [1.54, 1.807) is 12.1 Å². The lowest BCUT2D eigenvalue weighted by Crippen LogP contribution is -2.48. The predicted molar refractivity (Wildman–Crippen MR) is 126 cm³/mol. The van der Waals surface area contributed by atoms with Gasteiger partial charge < -0.3 is 10.1 Å². The smallest absolute Gasteiger partial charge is 0.244 e. The fourth-order valence-electron chi connectivity index (χ4n) is 3.31. The minimum Gasteiger partial charge on any atom is -0.495 e. The summed E-state index contributed by atoms with van der Waals surface area (Å²) in [6.45, 7) is 9.81. The summed E-state index contributed by atoms with van der Waals surface area (Å²) in [5, 5.41) is 3.25. The summed E-state index contributed by atoms with van der Waals surface area (Å²) in [5.74, 6) is -0.125. The molecule has 0 heterocycles. The molecule has 6 nitrogen and oxygen atoms in total. The molecule has 0 fully saturated rings. The number of rotatable bonds is 7. The molecular formula is C23H31ClN2O4S. The van der Waals surface area contributed by atoms with E-state index in [4.69, 9.17) is 16.3 Å². The number of amides is 1. The third-order valence-corrected chi connectivity index (χ3v) is 6.56. The maximum atomic E-state index is 13.0. The summed E-state index contributed by atoms with van der Waals surface area (Å²) in [5.41, 5.74) is 2.37. The van der Waals surface area contributed by atoms with Gasteiger partial charge in [0, 0.05) is 5.02 Å². The van der Waals surface area contributed by atoms with Gasteiger partial charge in [0.15, 0.2) is 0 Å². The molecule has 8 heteroatoms. The van der Waals surface area contributed by atoms with Gasteiger partial charge in [0.05, 0.1) is 25.1 Å². The summed E-state index contributed by atoms with van der Waals surface area (Å²) in [6, 6.07) is 11.4. The van der Waals surface area contributed by atoms with E-state index in [1.807, 2.05) is 31.2 Å². The highest BCUT2D eigenvalue weighted by atomic mass is 35.5. The molecule has 0 aliphatic carbocycles. The highest BCUT2D eigenvalue weighted by Crippen LogP contribution is 2.34. The van der Waals surface area contributed by atoms with Gasteiger partial charge in [-0.1, -0.05) is 56.6 Å². The Balaban J connectivity index is 2.29. The minimum atomic E-state index is -3.80. The summed E-state index contributed by atoms with van der Waals surface area (Å²) in [7, 11) is -2.37. The van der Waals surface area contributed by atoms with E-state index < -0.39 is 22.0 Å². The zero-order chi connectivity index (χ0) is 23.6. The Morgan fingerprint density at radius 2 is 1.68 bits per heavy atom. The van der Waals surface area contributed by atoms with Gasteiger partial charge in [-0.05, 0) is 48.6 Å². The fraction of sp³-hybridized carbons (Fsp3) is 0.435. The molecule has 0 bridgehead atoms. The molecule has 0 aliphatic rings. The number of anilines is 1. The second-order valence-corrected chi connectivity index (χ2v) is 10.9. The molecule has 2 aromatic carbocycles. The molecule has 170 valence electrons. The SMILES string of the molecule is COc1ccc(Cl)cc1N(C(C)C(=O)NC(C)c1ccc(C(C)(C)C)cc1)S(C)(=O)=O. The first-order valence-electron chi connectivity index (χ1n) is 9.99. The number of nitrogens with zero attached hydrogens (tertiary/aromatic N) is 1.